The number of nitrogens with zero attached hydrogens (tertiary/aromatic N) is 1. The van der Waals surface area contributed by atoms with Gasteiger partial charge < -0.3 is 10.0 Å². The Balaban J connectivity index is 1.75. The molecule has 0 spiro atoms. The fraction of sp³-hybridized carbons (Fsp3) is 0.600. The van der Waals surface area contributed by atoms with Crippen LogP contribution < -0.4 is 0 Å². The Morgan fingerprint density at radius 2 is 2.33 bits per heavy atom. The highest BCUT2D eigenvalue weighted by atomic mass is 35.5. The third-order valence-electron chi connectivity index (χ3n) is 4.57. The van der Waals surface area contributed by atoms with E-state index in [9.17, 15) is 5.11 Å². The normalized spacial score (nSPS) is 30.4. The molecule has 2 aliphatic rings. The molecule has 2 atom stereocenters. The number of halogens is 1. The summed E-state index contributed by atoms with van der Waals surface area (Å²) in [6.07, 6.45) is 3.84. The minimum atomic E-state index is 0.190. The first-order chi connectivity index (χ1) is 8.65. The number of phenols is 1. The summed E-state index contributed by atoms with van der Waals surface area (Å²) in [5, 5.41) is 10.00. The first-order valence-electron chi connectivity index (χ1n) is 6.87. The molecular formula is C15H20ClNO. The number of hydrogen-bond acceptors (Lipinski definition) is 2. The highest BCUT2D eigenvalue weighted by molar-refractivity contribution is 6.32. The molecule has 0 bridgehead atoms. The van der Waals surface area contributed by atoms with Crippen LogP contribution in [0.1, 0.15) is 31.7 Å². The van der Waals surface area contributed by atoms with E-state index in [2.05, 4.69) is 11.8 Å². The van der Waals surface area contributed by atoms with Crippen LogP contribution in [-0.4, -0.2) is 29.6 Å². The van der Waals surface area contributed by atoms with Crippen molar-refractivity contribution in [2.24, 2.45) is 5.92 Å². The topological polar surface area (TPSA) is 23.5 Å². The summed E-state index contributed by atoms with van der Waals surface area (Å²) < 4.78 is 0. The first kappa shape index (κ1) is 12.3. The predicted molar refractivity (Wildman–Crippen MR) is 74.2 cm³/mol. The van der Waals surface area contributed by atoms with Gasteiger partial charge in [-0.05, 0) is 43.0 Å². The second-order valence-corrected chi connectivity index (χ2v) is 6.22. The van der Waals surface area contributed by atoms with E-state index in [4.69, 9.17) is 11.6 Å². The minimum absolute atomic E-state index is 0.190. The van der Waals surface area contributed by atoms with Crippen molar-refractivity contribution >= 4 is 11.6 Å². The van der Waals surface area contributed by atoms with Crippen LogP contribution in [0.4, 0.5) is 0 Å². The van der Waals surface area contributed by atoms with E-state index in [1.54, 1.807) is 6.07 Å². The first-order valence-corrected chi connectivity index (χ1v) is 7.25. The van der Waals surface area contributed by atoms with Crippen molar-refractivity contribution in [3.8, 4) is 5.75 Å². The van der Waals surface area contributed by atoms with Crippen molar-refractivity contribution in [2.45, 2.75) is 31.6 Å². The number of unbranched alkanes of at least 4 members (excludes halogenated alkanes) is 1. The molecule has 1 heterocycles. The van der Waals surface area contributed by atoms with Gasteiger partial charge in [-0.2, -0.15) is 0 Å². The summed E-state index contributed by atoms with van der Waals surface area (Å²) in [5.74, 6) is 0.991. The molecule has 1 saturated heterocycles. The lowest BCUT2D eigenvalue weighted by molar-refractivity contribution is 0.293. The van der Waals surface area contributed by atoms with Gasteiger partial charge in [0.1, 0.15) is 5.75 Å². The van der Waals surface area contributed by atoms with E-state index in [0.29, 0.717) is 10.4 Å². The van der Waals surface area contributed by atoms with Crippen molar-refractivity contribution < 1.29 is 5.11 Å². The molecule has 18 heavy (non-hydrogen) atoms. The molecule has 2 unspecified atom stereocenters. The Morgan fingerprint density at radius 3 is 3.06 bits per heavy atom. The van der Waals surface area contributed by atoms with Gasteiger partial charge in [-0.3, -0.25) is 0 Å². The molecule has 1 aliphatic carbocycles. The number of likely N-dealkylation sites (tertiary alicyclic amines) is 1. The van der Waals surface area contributed by atoms with E-state index in [1.165, 1.54) is 44.5 Å². The number of benzene rings is 1. The van der Waals surface area contributed by atoms with Gasteiger partial charge in [0.05, 0.1) is 5.02 Å². The van der Waals surface area contributed by atoms with E-state index in [1.807, 2.05) is 12.1 Å². The Labute approximate surface area is 114 Å². The molecule has 1 N–H and O–H groups in total. The smallest absolute Gasteiger partial charge is 0.134 e. The van der Waals surface area contributed by atoms with Crippen LogP contribution in [0.2, 0.25) is 5.02 Å². The van der Waals surface area contributed by atoms with Gasteiger partial charge in [0.25, 0.3) is 0 Å². The maximum absolute atomic E-state index is 9.51. The van der Waals surface area contributed by atoms with E-state index in [0.717, 1.165) is 5.92 Å². The van der Waals surface area contributed by atoms with E-state index >= 15 is 0 Å². The van der Waals surface area contributed by atoms with Crippen LogP contribution in [0.5, 0.6) is 5.75 Å². The second kappa shape index (κ2) is 4.43. The van der Waals surface area contributed by atoms with Crippen LogP contribution in [0.15, 0.2) is 18.2 Å². The zero-order chi connectivity index (χ0) is 12.8. The van der Waals surface area contributed by atoms with Crippen molar-refractivity contribution in [1.82, 2.24) is 4.90 Å². The molecule has 0 amide bonds. The van der Waals surface area contributed by atoms with Gasteiger partial charge in [-0.15, -0.1) is 0 Å². The third kappa shape index (κ3) is 1.92. The molecule has 3 heteroatoms. The average molecular weight is 266 g/mol. The highest BCUT2D eigenvalue weighted by Gasteiger charge is 2.60. The maximum atomic E-state index is 9.51. The molecule has 1 saturated carbocycles. The Kier molecular flexibility index (Phi) is 3.03. The van der Waals surface area contributed by atoms with Gasteiger partial charge in [-0.1, -0.05) is 31.0 Å². The lowest BCUT2D eigenvalue weighted by Crippen LogP contribution is -2.27. The van der Waals surface area contributed by atoms with Gasteiger partial charge in [0, 0.05) is 18.5 Å². The summed E-state index contributed by atoms with van der Waals surface area (Å²) in [7, 11) is 0. The van der Waals surface area contributed by atoms with Crippen molar-refractivity contribution in [3.63, 3.8) is 0 Å². The number of aromatic hydroxyl groups is 1. The number of rotatable bonds is 4. The molecule has 0 aromatic heterocycles. The maximum Gasteiger partial charge on any atom is 0.134 e. The van der Waals surface area contributed by atoms with Crippen LogP contribution in [0.25, 0.3) is 0 Å². The third-order valence-corrected chi connectivity index (χ3v) is 4.87. The largest absolute Gasteiger partial charge is 0.506 e. The monoisotopic (exact) mass is 265 g/mol. The fourth-order valence-corrected chi connectivity index (χ4v) is 3.58. The van der Waals surface area contributed by atoms with Gasteiger partial charge in [0.15, 0.2) is 0 Å². The van der Waals surface area contributed by atoms with Gasteiger partial charge >= 0.3 is 0 Å². The number of phenolic OH excluding ortho intramolecular Hbond substituents is 1. The SMILES string of the molecule is CCCCN1CC2CC2(c2ccc(O)c(Cl)c2)C1. The number of fused-ring (bicyclic) bond motifs is 1. The molecular weight excluding hydrogens is 246 g/mol. The lowest BCUT2D eigenvalue weighted by atomic mass is 9.95. The molecule has 2 nitrogen and oxygen atoms in total. The zero-order valence-corrected chi connectivity index (χ0v) is 11.6. The molecule has 1 aromatic rings. The summed E-state index contributed by atoms with van der Waals surface area (Å²) in [6, 6.07) is 5.74. The molecule has 1 aliphatic heterocycles. The highest BCUT2D eigenvalue weighted by Crippen LogP contribution is 2.59. The van der Waals surface area contributed by atoms with Crippen molar-refractivity contribution in [3.05, 3.63) is 28.8 Å². The van der Waals surface area contributed by atoms with Crippen molar-refractivity contribution in [1.29, 1.82) is 0 Å². The van der Waals surface area contributed by atoms with E-state index < -0.39 is 0 Å². The van der Waals surface area contributed by atoms with Crippen molar-refractivity contribution in [2.75, 3.05) is 19.6 Å². The Morgan fingerprint density at radius 1 is 1.50 bits per heavy atom. The molecule has 0 radical (unpaired) electrons. The van der Waals surface area contributed by atoms with Crippen LogP contribution in [-0.2, 0) is 5.41 Å². The van der Waals surface area contributed by atoms with Crippen LogP contribution in [0.3, 0.4) is 0 Å². The average Bonchev–Trinajstić information content (AvgIpc) is 2.93. The molecule has 3 rings (SSSR count). The van der Waals surface area contributed by atoms with E-state index in [-0.39, 0.29) is 5.75 Å². The number of piperidine rings is 1. The number of hydrogen-bond donors (Lipinski definition) is 1. The second-order valence-electron chi connectivity index (χ2n) is 5.81. The Bertz CT molecular complexity index is 462. The fourth-order valence-electron chi connectivity index (χ4n) is 3.40. The summed E-state index contributed by atoms with van der Waals surface area (Å²) in [6.45, 7) is 5.87. The van der Waals surface area contributed by atoms with Gasteiger partial charge in [-0.25, -0.2) is 0 Å². The van der Waals surface area contributed by atoms with Crippen LogP contribution >= 0.6 is 11.6 Å². The van der Waals surface area contributed by atoms with Crippen LogP contribution in [0, 0.1) is 5.92 Å². The Hall–Kier alpha value is -0.730. The summed E-state index contributed by atoms with van der Waals surface area (Å²) in [4.78, 5) is 2.58. The molecule has 2 fully saturated rings. The summed E-state index contributed by atoms with van der Waals surface area (Å²) in [5.41, 5.74) is 1.65. The quantitative estimate of drug-likeness (QED) is 0.902. The lowest BCUT2D eigenvalue weighted by Gasteiger charge is -2.21. The standard InChI is InChI=1S/C15H20ClNO/c1-2-3-6-17-9-12-8-15(12,10-17)11-4-5-14(18)13(16)7-11/h4-5,7,12,18H,2-3,6,8-10H2,1H3. The molecule has 1 aromatic carbocycles. The summed E-state index contributed by atoms with van der Waals surface area (Å²) >= 11 is 6.03. The van der Waals surface area contributed by atoms with Gasteiger partial charge in [0.2, 0.25) is 0 Å². The minimum Gasteiger partial charge on any atom is -0.506 e. The predicted octanol–water partition coefficient (Wildman–Crippen LogP) is 3.42. The zero-order valence-electron chi connectivity index (χ0n) is 10.8. The molecule has 98 valence electrons.